The van der Waals surface area contributed by atoms with Gasteiger partial charge in [-0.25, -0.2) is 4.79 Å². The summed E-state index contributed by atoms with van der Waals surface area (Å²) in [5, 5.41) is 25.9. The van der Waals surface area contributed by atoms with Crippen molar-refractivity contribution in [1.82, 2.24) is 16.0 Å². The summed E-state index contributed by atoms with van der Waals surface area (Å²) in [5.41, 5.74) is 16.2. The largest absolute Gasteiger partial charge is 0.480 e. The van der Waals surface area contributed by atoms with E-state index in [0.29, 0.717) is 19.4 Å². The van der Waals surface area contributed by atoms with E-state index in [0.717, 1.165) is 0 Å². The van der Waals surface area contributed by atoms with E-state index in [2.05, 4.69) is 28.6 Å². The molecule has 184 valence electrons. The van der Waals surface area contributed by atoms with Crippen LogP contribution in [0, 0.1) is 0 Å². The van der Waals surface area contributed by atoms with E-state index in [-0.39, 0.29) is 25.0 Å². The number of aliphatic hydroxyl groups is 1. The van der Waals surface area contributed by atoms with E-state index < -0.39 is 59.9 Å². The van der Waals surface area contributed by atoms with Crippen molar-refractivity contribution in [3.8, 4) is 0 Å². The molecule has 0 spiro atoms. The molecule has 0 saturated heterocycles. The van der Waals surface area contributed by atoms with Crippen LogP contribution < -0.4 is 33.2 Å². The topological polar surface area (TPSA) is 240 Å². The molecule has 5 unspecified atom stereocenters. The molecular formula is C18H34N6O7S. The Morgan fingerprint density at radius 2 is 1.53 bits per heavy atom. The van der Waals surface area contributed by atoms with Gasteiger partial charge < -0.3 is 43.4 Å². The normalized spacial score (nSPS) is 15.5. The third-order valence-electron chi connectivity index (χ3n) is 4.48. The van der Waals surface area contributed by atoms with Crippen molar-refractivity contribution in [1.29, 1.82) is 0 Å². The summed E-state index contributed by atoms with van der Waals surface area (Å²) < 4.78 is 0. The quantitative estimate of drug-likeness (QED) is 0.0790. The highest BCUT2D eigenvalue weighted by Crippen LogP contribution is 2.05. The highest BCUT2D eigenvalue weighted by molar-refractivity contribution is 7.80. The van der Waals surface area contributed by atoms with Crippen molar-refractivity contribution >= 4 is 42.2 Å². The predicted octanol–water partition coefficient (Wildman–Crippen LogP) is -3.44. The molecule has 14 heteroatoms. The molecule has 0 heterocycles. The molecule has 0 aromatic rings. The number of carboxylic acid groups (broad SMARTS) is 1. The number of nitrogens with two attached hydrogens (primary N) is 3. The van der Waals surface area contributed by atoms with Gasteiger partial charge in [0.15, 0.2) is 0 Å². The number of amides is 4. The van der Waals surface area contributed by atoms with Gasteiger partial charge in [0.25, 0.3) is 0 Å². The zero-order chi connectivity index (χ0) is 24.8. The van der Waals surface area contributed by atoms with Gasteiger partial charge in [0.05, 0.1) is 12.1 Å². The summed E-state index contributed by atoms with van der Waals surface area (Å²) in [4.78, 5) is 59.5. The molecular weight excluding hydrogens is 444 g/mol. The third kappa shape index (κ3) is 11.3. The number of unbranched alkanes of at least 4 members (excludes halogenated alkanes) is 1. The maximum absolute atomic E-state index is 12.8. The lowest BCUT2D eigenvalue weighted by Gasteiger charge is -2.26. The second-order valence-electron chi connectivity index (χ2n) is 7.27. The number of nitrogens with one attached hydrogen (secondary N) is 3. The van der Waals surface area contributed by atoms with E-state index in [1.165, 1.54) is 6.92 Å². The molecule has 0 bridgehead atoms. The Labute approximate surface area is 191 Å². The lowest BCUT2D eigenvalue weighted by Crippen LogP contribution is -2.60. The molecule has 4 amide bonds. The van der Waals surface area contributed by atoms with Gasteiger partial charge in [-0.1, -0.05) is 0 Å². The molecule has 32 heavy (non-hydrogen) atoms. The molecule has 5 atom stereocenters. The first-order valence-electron chi connectivity index (χ1n) is 10.1. The van der Waals surface area contributed by atoms with Gasteiger partial charge in [0.1, 0.15) is 18.1 Å². The molecule has 0 aliphatic rings. The predicted molar refractivity (Wildman–Crippen MR) is 118 cm³/mol. The molecule has 13 nitrogen and oxygen atoms in total. The van der Waals surface area contributed by atoms with Crippen molar-refractivity contribution in [3.05, 3.63) is 0 Å². The fourth-order valence-corrected chi connectivity index (χ4v) is 2.82. The number of carbonyl (C=O) groups is 5. The first-order valence-corrected chi connectivity index (χ1v) is 10.7. The lowest BCUT2D eigenvalue weighted by atomic mass is 10.0. The summed E-state index contributed by atoms with van der Waals surface area (Å²) in [6.45, 7) is 1.60. The Balaban J connectivity index is 5.32. The minimum atomic E-state index is -1.48. The number of carboxylic acids is 1. The number of carbonyl (C=O) groups excluding carboxylic acids is 4. The minimum absolute atomic E-state index is 0.0166. The molecule has 0 rings (SSSR count). The molecule has 0 saturated carbocycles. The number of aliphatic carboxylic acids is 1. The fraction of sp³-hybridized carbons (Fsp3) is 0.722. The van der Waals surface area contributed by atoms with Crippen molar-refractivity contribution in [2.75, 3.05) is 12.3 Å². The second-order valence-corrected chi connectivity index (χ2v) is 7.63. The average Bonchev–Trinajstić information content (AvgIpc) is 2.72. The van der Waals surface area contributed by atoms with Crippen LogP contribution in [0.15, 0.2) is 0 Å². The number of hydrogen-bond acceptors (Lipinski definition) is 9. The zero-order valence-electron chi connectivity index (χ0n) is 18.0. The first-order chi connectivity index (χ1) is 14.9. The summed E-state index contributed by atoms with van der Waals surface area (Å²) in [6, 6.07) is -5.01. The van der Waals surface area contributed by atoms with Crippen molar-refractivity contribution < 1.29 is 34.2 Å². The van der Waals surface area contributed by atoms with Crippen LogP contribution in [0.25, 0.3) is 0 Å². The molecule has 0 radical (unpaired) electrons. The Morgan fingerprint density at radius 1 is 0.938 bits per heavy atom. The van der Waals surface area contributed by atoms with E-state index in [1.807, 2.05) is 0 Å². The Bertz CT molecular complexity index is 664. The smallest absolute Gasteiger partial charge is 0.327 e. The van der Waals surface area contributed by atoms with Gasteiger partial charge in [-0.3, -0.25) is 19.2 Å². The van der Waals surface area contributed by atoms with Gasteiger partial charge in [-0.2, -0.15) is 12.6 Å². The summed E-state index contributed by atoms with van der Waals surface area (Å²) in [6.07, 6.45) is -0.296. The van der Waals surface area contributed by atoms with Crippen LogP contribution in [0.1, 0.15) is 39.0 Å². The lowest BCUT2D eigenvalue weighted by molar-refractivity contribution is -0.142. The molecule has 11 N–H and O–H groups in total. The SMILES string of the molecule is CC(O)C(NC(=O)C(CCCCN)NC(=O)C(N)CCC(N)=O)C(=O)NC(CS)C(=O)O. The first kappa shape index (κ1) is 29.6. The van der Waals surface area contributed by atoms with Gasteiger partial charge in [0.2, 0.25) is 23.6 Å². The van der Waals surface area contributed by atoms with Gasteiger partial charge in [-0.15, -0.1) is 0 Å². The fourth-order valence-electron chi connectivity index (χ4n) is 2.58. The molecule has 0 aliphatic carbocycles. The van der Waals surface area contributed by atoms with Crippen LogP contribution in [-0.2, 0) is 24.0 Å². The molecule has 0 aromatic carbocycles. The Morgan fingerprint density at radius 3 is 2.00 bits per heavy atom. The molecule has 0 aromatic heterocycles. The Hall–Kier alpha value is -2.42. The van der Waals surface area contributed by atoms with Crippen molar-refractivity contribution in [3.63, 3.8) is 0 Å². The minimum Gasteiger partial charge on any atom is -0.480 e. The van der Waals surface area contributed by atoms with Crippen LogP contribution in [-0.4, -0.2) is 82.4 Å². The van der Waals surface area contributed by atoms with Crippen LogP contribution in [0.3, 0.4) is 0 Å². The van der Waals surface area contributed by atoms with Crippen molar-refractivity contribution in [2.45, 2.75) is 69.3 Å². The van der Waals surface area contributed by atoms with E-state index in [9.17, 15) is 29.1 Å². The van der Waals surface area contributed by atoms with Gasteiger partial charge in [-0.05, 0) is 39.2 Å². The average molecular weight is 479 g/mol. The summed E-state index contributed by atoms with van der Waals surface area (Å²) in [5.74, 6) is -4.57. The number of rotatable bonds is 16. The number of primary amides is 1. The zero-order valence-corrected chi connectivity index (χ0v) is 18.8. The van der Waals surface area contributed by atoms with E-state index >= 15 is 0 Å². The van der Waals surface area contributed by atoms with Crippen LogP contribution in [0.5, 0.6) is 0 Å². The molecule has 0 aliphatic heterocycles. The number of thiol groups is 1. The van der Waals surface area contributed by atoms with Gasteiger partial charge >= 0.3 is 5.97 Å². The second kappa shape index (κ2) is 15.4. The number of aliphatic hydroxyl groups excluding tert-OH is 1. The summed E-state index contributed by atoms with van der Waals surface area (Å²) >= 11 is 3.84. The maximum atomic E-state index is 12.8. The maximum Gasteiger partial charge on any atom is 0.327 e. The van der Waals surface area contributed by atoms with Crippen LogP contribution in [0.4, 0.5) is 0 Å². The van der Waals surface area contributed by atoms with Crippen LogP contribution in [0.2, 0.25) is 0 Å². The molecule has 0 fully saturated rings. The highest BCUT2D eigenvalue weighted by Gasteiger charge is 2.32. The van der Waals surface area contributed by atoms with Crippen molar-refractivity contribution in [2.24, 2.45) is 17.2 Å². The standard InChI is InChI=1S/C18H34N6O7S/c1-9(25)14(17(29)23-12(8-32)18(30)31)24-16(28)11(4-2-3-7-19)22-15(27)10(20)5-6-13(21)26/h9-12,14,25,32H,2-8,19-20H2,1H3,(H2,21,26)(H,22,27)(H,23,29)(H,24,28)(H,30,31). The van der Waals surface area contributed by atoms with E-state index in [1.54, 1.807) is 0 Å². The third-order valence-corrected chi connectivity index (χ3v) is 4.84. The van der Waals surface area contributed by atoms with Crippen LogP contribution >= 0.6 is 12.6 Å². The Kier molecular flexibility index (Phi) is 14.2. The highest BCUT2D eigenvalue weighted by atomic mass is 32.1. The number of hydrogen-bond donors (Lipinski definition) is 9. The summed E-state index contributed by atoms with van der Waals surface area (Å²) in [7, 11) is 0. The van der Waals surface area contributed by atoms with E-state index in [4.69, 9.17) is 22.3 Å². The van der Waals surface area contributed by atoms with Gasteiger partial charge in [0, 0.05) is 12.2 Å². The monoisotopic (exact) mass is 478 g/mol.